The van der Waals surface area contributed by atoms with Crippen LogP contribution in [0.15, 0.2) is 82.0 Å². The van der Waals surface area contributed by atoms with Gasteiger partial charge in [0.05, 0.1) is 22.1 Å². The molecule has 1 aromatic heterocycles. The fourth-order valence-electron chi connectivity index (χ4n) is 5.10. The topological polar surface area (TPSA) is 68.5 Å². The number of carbonyl (C=O) groups excluding carboxylic acids is 1. The second kappa shape index (κ2) is 10.7. The molecular formula is C35H37NO4Si. The zero-order valence-corrected chi connectivity index (χ0v) is 25.7. The Balaban J connectivity index is 1.61. The highest BCUT2D eigenvalue weighted by Crippen LogP contribution is 2.42. The van der Waals surface area contributed by atoms with E-state index in [1.54, 1.807) is 0 Å². The Labute approximate surface area is 243 Å². The summed E-state index contributed by atoms with van der Waals surface area (Å²) in [5.74, 6) is 3.81. The Morgan fingerprint density at radius 2 is 1.61 bits per heavy atom. The third-order valence-electron chi connectivity index (χ3n) is 7.20. The lowest BCUT2D eigenvalue weighted by Crippen LogP contribution is -2.52. The van der Waals surface area contributed by atoms with Gasteiger partial charge < -0.3 is 14.5 Å². The summed E-state index contributed by atoms with van der Waals surface area (Å²) < 4.78 is 12.1. The number of hydrogen-bond donors (Lipinski definition) is 1. The van der Waals surface area contributed by atoms with Crippen molar-refractivity contribution in [2.24, 2.45) is 0 Å². The predicted octanol–water partition coefficient (Wildman–Crippen LogP) is 8.26. The van der Waals surface area contributed by atoms with Gasteiger partial charge in [-0.1, -0.05) is 86.2 Å². The quantitative estimate of drug-likeness (QED) is 0.200. The number of alkyl carbamates (subject to hydrolysis) is 1. The predicted molar refractivity (Wildman–Crippen MR) is 168 cm³/mol. The molecule has 1 saturated carbocycles. The lowest BCUT2D eigenvalue weighted by Gasteiger charge is -2.43. The summed E-state index contributed by atoms with van der Waals surface area (Å²) in [6.07, 6.45) is 2.27. The minimum atomic E-state index is -1.64. The number of rotatable bonds is 4. The first-order valence-electron chi connectivity index (χ1n) is 14.2. The minimum Gasteiger partial charge on any atom is -0.454 e. The van der Waals surface area contributed by atoms with Gasteiger partial charge in [0, 0.05) is 5.56 Å². The Morgan fingerprint density at radius 1 is 0.927 bits per heavy atom. The number of fused-ring (bicyclic) bond motifs is 1. The third-order valence-corrected chi connectivity index (χ3v) is 8.07. The van der Waals surface area contributed by atoms with Crippen LogP contribution in [0, 0.1) is 11.5 Å². The highest BCUT2D eigenvalue weighted by Gasteiger charge is 2.41. The molecule has 1 N–H and O–H groups in total. The molecule has 0 bridgehead atoms. The molecule has 0 radical (unpaired) electrons. The Morgan fingerprint density at radius 3 is 2.20 bits per heavy atom. The first-order chi connectivity index (χ1) is 19.4. The highest BCUT2D eigenvalue weighted by molar-refractivity contribution is 6.83. The lowest BCUT2D eigenvalue weighted by molar-refractivity contribution is 0.0377. The average Bonchev–Trinajstić information content (AvgIpc) is 2.89. The van der Waals surface area contributed by atoms with Crippen LogP contribution in [0.5, 0.6) is 0 Å². The van der Waals surface area contributed by atoms with Crippen LogP contribution < -0.4 is 10.7 Å². The number of hydrogen-bond acceptors (Lipinski definition) is 4. The molecular weight excluding hydrogens is 526 g/mol. The van der Waals surface area contributed by atoms with Crippen molar-refractivity contribution in [2.75, 3.05) is 0 Å². The molecule has 0 spiro atoms. The third kappa shape index (κ3) is 6.16. The van der Waals surface area contributed by atoms with E-state index in [4.69, 9.17) is 9.15 Å². The van der Waals surface area contributed by atoms with E-state index in [0.717, 1.165) is 41.5 Å². The largest absolute Gasteiger partial charge is 0.454 e. The second-order valence-corrected chi connectivity index (χ2v) is 17.6. The zero-order valence-electron chi connectivity index (χ0n) is 24.7. The van der Waals surface area contributed by atoms with E-state index in [9.17, 15) is 9.59 Å². The summed E-state index contributed by atoms with van der Waals surface area (Å²) in [6, 6.07) is 23.2. The maximum Gasteiger partial charge on any atom is 0.408 e. The number of amides is 1. The molecule has 0 atom stereocenters. The molecule has 1 aliphatic carbocycles. The molecule has 3 aromatic carbocycles. The van der Waals surface area contributed by atoms with Crippen molar-refractivity contribution in [1.82, 2.24) is 5.32 Å². The van der Waals surface area contributed by atoms with Gasteiger partial charge in [-0.2, -0.15) is 0 Å². The maximum atomic E-state index is 14.1. The second-order valence-electron chi connectivity index (χ2n) is 12.8. The Bertz CT molecular complexity index is 1710. The molecule has 4 aromatic rings. The Hall–Kier alpha value is -4.08. The molecule has 1 heterocycles. The number of nitrogens with one attached hydrogen (secondary N) is 1. The average molecular weight is 564 g/mol. The number of benzene rings is 3. The molecule has 0 unspecified atom stereocenters. The first-order valence-corrected chi connectivity index (χ1v) is 17.7. The number of para-hydroxylation sites is 1. The SMILES string of the molecule is CC(C)(C)OC(=O)NC1(c2ccc(-c3c(-c4ccccc4)oc4c(C#C[Si](C)(C)C)cccc4c3=O)cc2)CCC1. The molecule has 5 rings (SSSR count). The smallest absolute Gasteiger partial charge is 0.408 e. The van der Waals surface area contributed by atoms with Crippen molar-refractivity contribution in [3.05, 3.63) is 94.1 Å². The molecule has 6 heteroatoms. The number of carbonyl (C=O) groups is 1. The van der Waals surface area contributed by atoms with Gasteiger partial charge >= 0.3 is 6.09 Å². The first kappa shape index (κ1) is 28.4. The van der Waals surface area contributed by atoms with Crippen LogP contribution in [0.4, 0.5) is 4.79 Å². The van der Waals surface area contributed by atoms with Gasteiger partial charge in [-0.05, 0) is 63.3 Å². The van der Waals surface area contributed by atoms with E-state index in [0.29, 0.717) is 22.3 Å². The van der Waals surface area contributed by atoms with E-state index in [2.05, 4.69) is 36.4 Å². The van der Waals surface area contributed by atoms with E-state index >= 15 is 0 Å². The summed E-state index contributed by atoms with van der Waals surface area (Å²) in [4.78, 5) is 26.8. The van der Waals surface area contributed by atoms with Crippen LogP contribution in [0.2, 0.25) is 19.6 Å². The summed E-state index contributed by atoms with van der Waals surface area (Å²) in [6.45, 7) is 12.1. The highest BCUT2D eigenvalue weighted by atomic mass is 28.3. The van der Waals surface area contributed by atoms with E-state index in [-0.39, 0.29) is 5.43 Å². The van der Waals surface area contributed by atoms with Crippen molar-refractivity contribution < 1.29 is 13.9 Å². The summed E-state index contributed by atoms with van der Waals surface area (Å²) >= 11 is 0. The fraction of sp³-hybridized carbons (Fsp3) is 0.314. The van der Waals surface area contributed by atoms with Crippen molar-refractivity contribution in [3.8, 4) is 33.9 Å². The lowest BCUT2D eigenvalue weighted by atomic mass is 9.71. The van der Waals surface area contributed by atoms with Gasteiger partial charge in [0.15, 0.2) is 5.58 Å². The molecule has 1 amide bonds. The van der Waals surface area contributed by atoms with Gasteiger partial charge in [0.25, 0.3) is 0 Å². The number of ether oxygens (including phenoxy) is 1. The van der Waals surface area contributed by atoms with Crippen molar-refractivity contribution in [1.29, 1.82) is 0 Å². The van der Waals surface area contributed by atoms with E-state index < -0.39 is 25.3 Å². The summed E-state index contributed by atoms with van der Waals surface area (Å²) in [7, 11) is -1.64. The van der Waals surface area contributed by atoms with Gasteiger partial charge in [0.2, 0.25) is 5.43 Å². The van der Waals surface area contributed by atoms with Crippen LogP contribution in [-0.2, 0) is 10.3 Å². The van der Waals surface area contributed by atoms with Crippen LogP contribution >= 0.6 is 0 Å². The normalized spacial score (nSPS) is 14.5. The molecule has 0 saturated heterocycles. The van der Waals surface area contributed by atoms with Gasteiger partial charge in [0.1, 0.15) is 19.4 Å². The van der Waals surface area contributed by atoms with Crippen LogP contribution in [0.25, 0.3) is 33.4 Å². The molecule has 5 nitrogen and oxygen atoms in total. The fourth-order valence-corrected chi connectivity index (χ4v) is 5.61. The standard InChI is InChI=1S/C35H37NO4Si/c1-34(2,3)40-33(38)36-35(21-11-22-35)27-18-16-24(17-19-27)29-30(37)28-15-10-14-26(20-23-41(4,5)6)31(28)39-32(29)25-12-8-7-9-13-25/h7-10,12-19H,11,21-22H2,1-6H3,(H,36,38). The van der Waals surface area contributed by atoms with E-state index in [1.807, 2.05) is 93.6 Å². The maximum absolute atomic E-state index is 14.1. The van der Waals surface area contributed by atoms with Crippen molar-refractivity contribution in [3.63, 3.8) is 0 Å². The molecule has 1 fully saturated rings. The van der Waals surface area contributed by atoms with Crippen molar-refractivity contribution >= 4 is 25.1 Å². The molecule has 210 valence electrons. The van der Waals surface area contributed by atoms with Crippen molar-refractivity contribution in [2.45, 2.75) is 70.8 Å². The van der Waals surface area contributed by atoms with Crippen LogP contribution in [0.3, 0.4) is 0 Å². The Kier molecular flexibility index (Phi) is 7.44. The monoisotopic (exact) mass is 563 g/mol. The van der Waals surface area contributed by atoms with Crippen LogP contribution in [-0.4, -0.2) is 19.8 Å². The molecule has 1 aliphatic rings. The van der Waals surface area contributed by atoms with Gasteiger partial charge in [-0.3, -0.25) is 4.79 Å². The van der Waals surface area contributed by atoms with Gasteiger partial charge in [-0.25, -0.2) is 4.79 Å². The molecule has 41 heavy (non-hydrogen) atoms. The summed E-state index contributed by atoms with van der Waals surface area (Å²) in [5, 5.41) is 3.62. The van der Waals surface area contributed by atoms with E-state index in [1.165, 1.54) is 0 Å². The summed E-state index contributed by atoms with van der Waals surface area (Å²) in [5.41, 5.74) is 6.57. The van der Waals surface area contributed by atoms with Crippen LogP contribution in [0.1, 0.15) is 51.2 Å². The molecule has 0 aliphatic heterocycles. The minimum absolute atomic E-state index is 0.0975. The zero-order chi connectivity index (χ0) is 29.4. The van der Waals surface area contributed by atoms with Gasteiger partial charge in [-0.15, -0.1) is 5.54 Å².